The Kier molecular flexibility index (Phi) is 4.06. The molecule has 0 saturated carbocycles. The summed E-state index contributed by atoms with van der Waals surface area (Å²) in [6.07, 6.45) is 2.96. The van der Waals surface area contributed by atoms with E-state index in [2.05, 4.69) is 4.98 Å². The zero-order chi connectivity index (χ0) is 16.2. The maximum atomic E-state index is 12.2. The maximum absolute atomic E-state index is 12.2. The first-order valence-corrected chi connectivity index (χ1v) is 7.28. The summed E-state index contributed by atoms with van der Waals surface area (Å²) < 4.78 is 0. The third-order valence-electron chi connectivity index (χ3n) is 3.66. The van der Waals surface area contributed by atoms with Gasteiger partial charge in [0.1, 0.15) is 0 Å². The SMILES string of the molecule is CN(C(=O)/C=C/c1cc2ccccc2[nH]c1=O)c1ccccc1. The number of amides is 1. The van der Waals surface area contributed by atoms with Gasteiger partial charge < -0.3 is 9.88 Å². The molecular weight excluding hydrogens is 288 g/mol. The van der Waals surface area contributed by atoms with Gasteiger partial charge in [0.05, 0.1) is 0 Å². The molecular formula is C19H16N2O2. The molecule has 4 heteroatoms. The van der Waals surface area contributed by atoms with Crippen molar-refractivity contribution in [2.45, 2.75) is 0 Å². The van der Waals surface area contributed by atoms with Gasteiger partial charge in [-0.15, -0.1) is 0 Å². The monoisotopic (exact) mass is 304 g/mol. The van der Waals surface area contributed by atoms with Crippen LogP contribution in [0.5, 0.6) is 0 Å². The molecule has 1 aromatic heterocycles. The second-order valence-corrected chi connectivity index (χ2v) is 5.21. The molecule has 3 aromatic rings. The van der Waals surface area contributed by atoms with Crippen LogP contribution in [-0.4, -0.2) is 17.9 Å². The molecule has 0 spiro atoms. The number of para-hydroxylation sites is 2. The fourth-order valence-corrected chi connectivity index (χ4v) is 2.34. The van der Waals surface area contributed by atoms with Crippen molar-refractivity contribution in [2.75, 3.05) is 11.9 Å². The molecule has 2 aromatic carbocycles. The number of rotatable bonds is 3. The summed E-state index contributed by atoms with van der Waals surface area (Å²) in [4.78, 5) is 28.6. The molecule has 0 aliphatic rings. The zero-order valence-corrected chi connectivity index (χ0v) is 12.7. The molecule has 0 unspecified atom stereocenters. The molecule has 0 fully saturated rings. The fourth-order valence-electron chi connectivity index (χ4n) is 2.34. The van der Waals surface area contributed by atoms with Crippen LogP contribution in [-0.2, 0) is 4.79 Å². The number of nitrogens with zero attached hydrogens (tertiary/aromatic N) is 1. The van der Waals surface area contributed by atoms with Crippen LogP contribution in [0.2, 0.25) is 0 Å². The van der Waals surface area contributed by atoms with E-state index < -0.39 is 0 Å². The van der Waals surface area contributed by atoms with Crippen LogP contribution in [0.3, 0.4) is 0 Å². The number of aromatic amines is 1. The number of pyridine rings is 1. The number of H-pyrrole nitrogens is 1. The van der Waals surface area contributed by atoms with E-state index in [1.54, 1.807) is 19.2 Å². The minimum atomic E-state index is -0.213. The van der Waals surface area contributed by atoms with E-state index in [1.165, 1.54) is 11.0 Å². The van der Waals surface area contributed by atoms with Crippen molar-refractivity contribution in [1.82, 2.24) is 4.98 Å². The summed E-state index contributed by atoms with van der Waals surface area (Å²) in [5.74, 6) is -0.191. The Hall–Kier alpha value is -3.14. The highest BCUT2D eigenvalue weighted by Gasteiger charge is 2.07. The van der Waals surface area contributed by atoms with Crippen molar-refractivity contribution in [3.63, 3.8) is 0 Å². The number of carbonyl (C=O) groups excluding carboxylic acids is 1. The van der Waals surface area contributed by atoms with Crippen molar-refractivity contribution in [3.05, 3.63) is 82.7 Å². The van der Waals surface area contributed by atoms with Gasteiger partial charge in [0, 0.05) is 29.9 Å². The number of anilines is 1. The van der Waals surface area contributed by atoms with E-state index in [4.69, 9.17) is 0 Å². The summed E-state index contributed by atoms with van der Waals surface area (Å²) in [5.41, 5.74) is 1.82. The second kappa shape index (κ2) is 6.32. The van der Waals surface area contributed by atoms with Crippen LogP contribution >= 0.6 is 0 Å². The minimum absolute atomic E-state index is 0.191. The van der Waals surface area contributed by atoms with Crippen molar-refractivity contribution in [3.8, 4) is 0 Å². The van der Waals surface area contributed by atoms with Gasteiger partial charge in [0.25, 0.3) is 11.5 Å². The van der Waals surface area contributed by atoms with E-state index in [9.17, 15) is 9.59 Å². The van der Waals surface area contributed by atoms with Crippen LogP contribution in [0, 0.1) is 0 Å². The number of carbonyl (C=O) groups is 1. The van der Waals surface area contributed by atoms with Crippen molar-refractivity contribution < 1.29 is 4.79 Å². The molecule has 0 atom stereocenters. The quantitative estimate of drug-likeness (QED) is 0.755. The number of hydrogen-bond donors (Lipinski definition) is 1. The summed E-state index contributed by atoms with van der Waals surface area (Å²) >= 11 is 0. The number of hydrogen-bond acceptors (Lipinski definition) is 2. The van der Waals surface area contributed by atoms with E-state index in [-0.39, 0.29) is 11.5 Å². The van der Waals surface area contributed by atoms with Crippen molar-refractivity contribution in [1.29, 1.82) is 0 Å². The van der Waals surface area contributed by atoms with Crippen molar-refractivity contribution >= 4 is 28.6 Å². The minimum Gasteiger partial charge on any atom is -0.321 e. The van der Waals surface area contributed by atoms with Crippen LogP contribution in [0.4, 0.5) is 5.69 Å². The highest BCUT2D eigenvalue weighted by Crippen LogP contribution is 2.13. The number of likely N-dealkylation sites (N-methyl/N-ethyl adjacent to an activating group) is 1. The predicted molar refractivity (Wildman–Crippen MR) is 93.5 cm³/mol. The highest BCUT2D eigenvalue weighted by atomic mass is 16.2. The fraction of sp³-hybridized carbons (Fsp3) is 0.0526. The molecule has 0 aliphatic carbocycles. The molecule has 0 radical (unpaired) electrons. The lowest BCUT2D eigenvalue weighted by Crippen LogP contribution is -2.23. The van der Waals surface area contributed by atoms with E-state index in [1.807, 2.05) is 54.6 Å². The summed E-state index contributed by atoms with van der Waals surface area (Å²) in [6.45, 7) is 0. The Morgan fingerprint density at radius 1 is 1.04 bits per heavy atom. The molecule has 0 bridgehead atoms. The first kappa shape index (κ1) is 14.8. The summed E-state index contributed by atoms with van der Waals surface area (Å²) in [7, 11) is 1.70. The van der Waals surface area contributed by atoms with Gasteiger partial charge in [-0.05, 0) is 35.7 Å². The zero-order valence-electron chi connectivity index (χ0n) is 12.7. The molecule has 0 aliphatic heterocycles. The number of aromatic nitrogens is 1. The number of benzene rings is 2. The largest absolute Gasteiger partial charge is 0.321 e. The number of nitrogens with one attached hydrogen (secondary N) is 1. The Bertz CT molecular complexity index is 927. The summed E-state index contributed by atoms with van der Waals surface area (Å²) in [5, 5.41) is 0.926. The average Bonchev–Trinajstić information content (AvgIpc) is 2.59. The lowest BCUT2D eigenvalue weighted by Gasteiger charge is -2.14. The molecule has 0 saturated heterocycles. The van der Waals surface area contributed by atoms with Crippen LogP contribution < -0.4 is 10.5 Å². The number of fused-ring (bicyclic) bond motifs is 1. The van der Waals surface area contributed by atoms with E-state index >= 15 is 0 Å². The van der Waals surface area contributed by atoms with Gasteiger partial charge in [-0.1, -0.05) is 36.4 Å². The first-order valence-electron chi connectivity index (χ1n) is 7.28. The maximum Gasteiger partial charge on any atom is 0.255 e. The van der Waals surface area contributed by atoms with Gasteiger partial charge in [0.15, 0.2) is 0 Å². The molecule has 114 valence electrons. The third kappa shape index (κ3) is 3.21. The third-order valence-corrected chi connectivity index (χ3v) is 3.66. The highest BCUT2D eigenvalue weighted by molar-refractivity contribution is 6.03. The Morgan fingerprint density at radius 3 is 2.52 bits per heavy atom. The molecule has 1 N–H and O–H groups in total. The normalized spacial score (nSPS) is 11.0. The van der Waals surface area contributed by atoms with Gasteiger partial charge in [-0.2, -0.15) is 0 Å². The van der Waals surface area contributed by atoms with Crippen LogP contribution in [0.1, 0.15) is 5.56 Å². The molecule has 23 heavy (non-hydrogen) atoms. The van der Waals surface area contributed by atoms with Crippen LogP contribution in [0.25, 0.3) is 17.0 Å². The lowest BCUT2D eigenvalue weighted by atomic mass is 10.1. The van der Waals surface area contributed by atoms with Gasteiger partial charge in [-0.25, -0.2) is 0 Å². The van der Waals surface area contributed by atoms with E-state index in [0.717, 1.165) is 16.6 Å². The smallest absolute Gasteiger partial charge is 0.255 e. The van der Waals surface area contributed by atoms with Gasteiger partial charge in [0.2, 0.25) is 0 Å². The van der Waals surface area contributed by atoms with Gasteiger partial charge in [-0.3, -0.25) is 9.59 Å². The van der Waals surface area contributed by atoms with Gasteiger partial charge >= 0.3 is 0 Å². The molecule has 4 nitrogen and oxygen atoms in total. The topological polar surface area (TPSA) is 53.2 Å². The Morgan fingerprint density at radius 2 is 1.74 bits per heavy atom. The molecule has 1 amide bonds. The van der Waals surface area contributed by atoms with Crippen LogP contribution in [0.15, 0.2) is 71.5 Å². The standard InChI is InChI=1S/C19H16N2O2/c1-21(16-8-3-2-4-9-16)18(22)12-11-15-13-14-7-5-6-10-17(14)20-19(15)23/h2-13H,1H3,(H,20,23)/b12-11+. The summed E-state index contributed by atoms with van der Waals surface area (Å²) in [6, 6.07) is 18.7. The Labute approximate surface area is 133 Å². The van der Waals surface area contributed by atoms with Crippen molar-refractivity contribution in [2.24, 2.45) is 0 Å². The Balaban J connectivity index is 1.86. The second-order valence-electron chi connectivity index (χ2n) is 5.21. The molecule has 3 rings (SSSR count). The van der Waals surface area contributed by atoms with E-state index in [0.29, 0.717) is 5.56 Å². The first-order chi connectivity index (χ1) is 11.1. The predicted octanol–water partition coefficient (Wildman–Crippen LogP) is 3.20. The molecule has 1 heterocycles. The lowest BCUT2D eigenvalue weighted by molar-refractivity contribution is -0.113. The average molecular weight is 304 g/mol.